The fourth-order valence-corrected chi connectivity index (χ4v) is 3.49. The summed E-state index contributed by atoms with van der Waals surface area (Å²) in [6.45, 7) is 0. The zero-order chi connectivity index (χ0) is 18.1. The van der Waals surface area contributed by atoms with Crippen LogP contribution in [0.25, 0.3) is 17.0 Å². The average Bonchev–Trinajstić information content (AvgIpc) is 3.21. The van der Waals surface area contributed by atoms with Crippen LogP contribution in [0.15, 0.2) is 35.8 Å². The lowest BCUT2D eigenvalue weighted by atomic mass is 9.93. The largest absolute Gasteiger partial charge is 0.381 e. The average molecular weight is 354 g/mol. The van der Waals surface area contributed by atoms with E-state index in [-0.39, 0.29) is 5.56 Å². The number of rotatable bonds is 4. The minimum absolute atomic E-state index is 0.0791. The first-order chi connectivity index (χ1) is 12.7. The molecule has 3 aromatic rings. The number of methoxy groups -OCH3 is 1. The Bertz CT molecular complexity index is 958. The van der Waals surface area contributed by atoms with Gasteiger partial charge in [0, 0.05) is 38.7 Å². The van der Waals surface area contributed by atoms with Gasteiger partial charge < -0.3 is 14.6 Å². The van der Waals surface area contributed by atoms with Gasteiger partial charge in [-0.3, -0.25) is 9.36 Å². The number of pyridine rings is 1. The van der Waals surface area contributed by atoms with E-state index in [0.29, 0.717) is 23.6 Å². The van der Waals surface area contributed by atoms with Crippen molar-refractivity contribution in [3.05, 3.63) is 41.3 Å². The van der Waals surface area contributed by atoms with Crippen molar-refractivity contribution in [3.8, 4) is 5.95 Å². The Kier molecular flexibility index (Phi) is 4.42. The maximum atomic E-state index is 12.3. The summed E-state index contributed by atoms with van der Waals surface area (Å²) in [5, 5.41) is 3.53. The van der Waals surface area contributed by atoms with E-state index in [0.717, 1.165) is 36.9 Å². The van der Waals surface area contributed by atoms with Gasteiger partial charge in [-0.05, 0) is 25.7 Å². The summed E-state index contributed by atoms with van der Waals surface area (Å²) in [5.74, 6) is 0.528. The number of aromatic nitrogens is 5. The molecule has 0 aliphatic heterocycles. The first-order valence-electron chi connectivity index (χ1n) is 8.80. The van der Waals surface area contributed by atoms with Gasteiger partial charge in [0.15, 0.2) is 0 Å². The number of hydrogen-bond donors (Lipinski definition) is 1. The predicted octanol–water partition coefficient (Wildman–Crippen LogP) is 1.88. The standard InChI is InChI=1S/C18H22N6O2/c1-23-15-10-20-18(24-8-7-19-11-24)22-17(15)14(9-16(23)25)21-12-3-5-13(26-2)6-4-12/h7-13,21H,3-6H2,1-2H3. The molecule has 1 N–H and O–H groups in total. The quantitative estimate of drug-likeness (QED) is 0.770. The molecule has 0 radical (unpaired) electrons. The first-order valence-corrected chi connectivity index (χ1v) is 8.80. The van der Waals surface area contributed by atoms with Crippen LogP contribution in [0.2, 0.25) is 0 Å². The Morgan fingerprint density at radius 2 is 2.08 bits per heavy atom. The van der Waals surface area contributed by atoms with Crippen LogP contribution in [-0.4, -0.2) is 43.3 Å². The van der Waals surface area contributed by atoms with E-state index in [4.69, 9.17) is 4.74 Å². The molecule has 4 rings (SSSR count). The van der Waals surface area contributed by atoms with Gasteiger partial charge in [-0.2, -0.15) is 0 Å². The number of nitrogens with zero attached hydrogens (tertiary/aromatic N) is 5. The molecule has 1 aliphatic carbocycles. The molecule has 0 spiro atoms. The van der Waals surface area contributed by atoms with Crippen LogP contribution >= 0.6 is 0 Å². The normalized spacial score (nSPS) is 20.4. The Morgan fingerprint density at radius 1 is 1.27 bits per heavy atom. The van der Waals surface area contributed by atoms with Gasteiger partial charge in [-0.25, -0.2) is 15.0 Å². The Morgan fingerprint density at radius 3 is 2.77 bits per heavy atom. The lowest BCUT2D eigenvalue weighted by Gasteiger charge is -2.29. The van der Waals surface area contributed by atoms with E-state index in [1.165, 1.54) is 0 Å². The van der Waals surface area contributed by atoms with Gasteiger partial charge >= 0.3 is 0 Å². The van der Waals surface area contributed by atoms with E-state index in [2.05, 4.69) is 20.3 Å². The molecule has 0 bridgehead atoms. The molecule has 136 valence electrons. The van der Waals surface area contributed by atoms with Gasteiger partial charge in [-0.15, -0.1) is 0 Å². The van der Waals surface area contributed by atoms with Crippen LogP contribution in [0.5, 0.6) is 0 Å². The van der Waals surface area contributed by atoms with Crippen molar-refractivity contribution in [1.82, 2.24) is 24.1 Å². The van der Waals surface area contributed by atoms with Crippen molar-refractivity contribution >= 4 is 16.7 Å². The van der Waals surface area contributed by atoms with Gasteiger partial charge in [-0.1, -0.05) is 0 Å². The van der Waals surface area contributed by atoms with Crippen LogP contribution < -0.4 is 10.9 Å². The summed E-state index contributed by atoms with van der Waals surface area (Å²) in [6, 6.07) is 1.93. The van der Waals surface area contributed by atoms with E-state index >= 15 is 0 Å². The molecule has 0 aromatic carbocycles. The Balaban J connectivity index is 1.72. The van der Waals surface area contributed by atoms with Crippen molar-refractivity contribution in [3.63, 3.8) is 0 Å². The molecule has 1 fully saturated rings. The number of imidazole rings is 1. The zero-order valence-electron chi connectivity index (χ0n) is 14.9. The molecule has 3 aromatic heterocycles. The summed E-state index contributed by atoms with van der Waals surface area (Å²) in [7, 11) is 3.50. The summed E-state index contributed by atoms with van der Waals surface area (Å²) in [4.78, 5) is 25.4. The number of anilines is 1. The van der Waals surface area contributed by atoms with Crippen LogP contribution in [0.3, 0.4) is 0 Å². The molecule has 8 heteroatoms. The first kappa shape index (κ1) is 16.7. The summed E-state index contributed by atoms with van der Waals surface area (Å²) in [5.41, 5.74) is 2.12. The van der Waals surface area contributed by atoms with Gasteiger partial charge in [0.1, 0.15) is 11.8 Å². The second-order valence-electron chi connectivity index (χ2n) is 6.68. The molecular formula is C18H22N6O2. The van der Waals surface area contributed by atoms with Crippen molar-refractivity contribution in [2.45, 2.75) is 37.8 Å². The molecule has 0 atom stereocenters. The van der Waals surface area contributed by atoms with E-state index < -0.39 is 0 Å². The highest BCUT2D eigenvalue weighted by molar-refractivity contribution is 5.87. The third-order valence-electron chi connectivity index (χ3n) is 5.07. The van der Waals surface area contributed by atoms with Gasteiger partial charge in [0.25, 0.3) is 5.56 Å². The maximum Gasteiger partial charge on any atom is 0.252 e. The fraction of sp³-hybridized carbons (Fsp3) is 0.444. The van der Waals surface area contributed by atoms with E-state index in [9.17, 15) is 4.79 Å². The SMILES string of the molecule is COC1CCC(Nc2cc(=O)n(C)c3cnc(-n4ccnc4)nc23)CC1. The second-order valence-corrected chi connectivity index (χ2v) is 6.68. The third kappa shape index (κ3) is 3.08. The molecule has 1 aliphatic rings. The van der Waals surface area contributed by atoms with Gasteiger partial charge in [0.05, 0.1) is 23.5 Å². The van der Waals surface area contributed by atoms with Crippen LogP contribution in [0.1, 0.15) is 25.7 Å². The van der Waals surface area contributed by atoms with Crippen molar-refractivity contribution in [2.24, 2.45) is 7.05 Å². The number of fused-ring (bicyclic) bond motifs is 1. The van der Waals surface area contributed by atoms with Crippen LogP contribution in [0.4, 0.5) is 5.69 Å². The fourth-order valence-electron chi connectivity index (χ4n) is 3.49. The van der Waals surface area contributed by atoms with E-state index in [1.54, 1.807) is 54.3 Å². The van der Waals surface area contributed by atoms with E-state index in [1.807, 2.05) is 0 Å². The topological polar surface area (TPSA) is 86.9 Å². The number of aryl methyl sites for hydroxylation is 1. The van der Waals surface area contributed by atoms with Crippen molar-refractivity contribution in [2.75, 3.05) is 12.4 Å². The number of ether oxygens (including phenoxy) is 1. The second kappa shape index (κ2) is 6.87. The lowest BCUT2D eigenvalue weighted by Crippen LogP contribution is -2.30. The Hall–Kier alpha value is -2.74. The highest BCUT2D eigenvalue weighted by atomic mass is 16.5. The Labute approximate surface area is 150 Å². The lowest BCUT2D eigenvalue weighted by molar-refractivity contribution is 0.0682. The molecule has 3 heterocycles. The van der Waals surface area contributed by atoms with Crippen LogP contribution in [-0.2, 0) is 11.8 Å². The number of hydrogen-bond acceptors (Lipinski definition) is 6. The molecule has 0 amide bonds. The summed E-state index contributed by atoms with van der Waals surface area (Å²) < 4.78 is 8.76. The van der Waals surface area contributed by atoms with Crippen molar-refractivity contribution in [1.29, 1.82) is 0 Å². The number of nitrogens with one attached hydrogen (secondary N) is 1. The highest BCUT2D eigenvalue weighted by Gasteiger charge is 2.22. The van der Waals surface area contributed by atoms with Crippen LogP contribution in [0, 0.1) is 0 Å². The molecule has 26 heavy (non-hydrogen) atoms. The monoisotopic (exact) mass is 354 g/mol. The smallest absolute Gasteiger partial charge is 0.252 e. The molecule has 8 nitrogen and oxygen atoms in total. The third-order valence-corrected chi connectivity index (χ3v) is 5.07. The summed E-state index contributed by atoms with van der Waals surface area (Å²) >= 11 is 0. The summed E-state index contributed by atoms with van der Waals surface area (Å²) in [6.07, 6.45) is 11.2. The predicted molar refractivity (Wildman–Crippen MR) is 98.6 cm³/mol. The molecule has 0 saturated heterocycles. The molecular weight excluding hydrogens is 332 g/mol. The highest BCUT2D eigenvalue weighted by Crippen LogP contribution is 2.26. The van der Waals surface area contributed by atoms with Crippen molar-refractivity contribution < 1.29 is 4.74 Å². The molecule has 0 unspecified atom stereocenters. The molecule has 1 saturated carbocycles. The minimum Gasteiger partial charge on any atom is -0.381 e. The maximum absolute atomic E-state index is 12.3. The zero-order valence-corrected chi connectivity index (χ0v) is 14.9. The minimum atomic E-state index is -0.0791. The van der Waals surface area contributed by atoms with Gasteiger partial charge in [0.2, 0.25) is 5.95 Å².